The third kappa shape index (κ3) is 2.28. The van der Waals surface area contributed by atoms with Crippen LogP contribution in [0.2, 0.25) is 0 Å². The minimum absolute atomic E-state index is 0.469. The molecule has 0 saturated carbocycles. The molecule has 0 nitrogen and oxygen atoms in total. The molecule has 0 saturated heterocycles. The van der Waals surface area contributed by atoms with Gasteiger partial charge in [0.2, 0.25) is 0 Å². The Morgan fingerprint density at radius 1 is 0.833 bits per heavy atom. The summed E-state index contributed by atoms with van der Waals surface area (Å²) in [7, 11) is 1.36. The van der Waals surface area contributed by atoms with Crippen LogP contribution in [0.3, 0.4) is 0 Å². The van der Waals surface area contributed by atoms with Gasteiger partial charge in [0, 0.05) is 0 Å². The normalized spacial score (nSPS) is 16.0. The van der Waals surface area contributed by atoms with Gasteiger partial charge >= 0.3 is 57.6 Å². The Hall–Kier alpha value is 1.91. The van der Waals surface area contributed by atoms with E-state index in [-0.39, 0.29) is 0 Å². The van der Waals surface area contributed by atoms with Crippen LogP contribution >= 0.6 is 0 Å². The summed E-state index contributed by atoms with van der Waals surface area (Å²) in [4.78, 5) is 5.20. The maximum absolute atomic E-state index is 2.60. The zero-order chi connectivity index (χ0) is 4.24. The van der Waals surface area contributed by atoms with Gasteiger partial charge in [-0.1, -0.05) is 0 Å². The van der Waals surface area contributed by atoms with Crippen LogP contribution in [0.4, 0.5) is 0 Å². The van der Waals surface area contributed by atoms with Gasteiger partial charge in [-0.15, -0.1) is 0 Å². The Kier molecular flexibility index (Phi) is 3.88. The van der Waals surface area contributed by atoms with Gasteiger partial charge in [0.1, 0.15) is 0 Å². The molecule has 0 radical (unpaired) electrons. The average molecular weight is 321 g/mol. The molecular weight excluding hydrogens is 314 g/mol. The molecule has 6 heavy (non-hydrogen) atoms. The zero-order valence-corrected chi connectivity index (χ0v) is 13.2. The molecule has 4 heteroatoms. The quantitative estimate of drug-likeness (QED) is 0.451. The van der Waals surface area contributed by atoms with Crippen LogP contribution in [-0.2, 0) is 0 Å². The molecule has 0 aromatic rings. The summed E-state index contributed by atoms with van der Waals surface area (Å²) >= 11 is 0.938. The van der Waals surface area contributed by atoms with Crippen LogP contribution < -0.4 is 0 Å². The van der Waals surface area contributed by atoms with E-state index in [1.54, 1.807) is 0 Å². The van der Waals surface area contributed by atoms with Crippen LogP contribution in [0.15, 0.2) is 9.82 Å². The molecule has 0 spiro atoms. The van der Waals surface area contributed by atoms with Crippen molar-refractivity contribution in [3.8, 4) is 0 Å². The summed E-state index contributed by atoms with van der Waals surface area (Å²) in [6, 6.07) is 0. The van der Waals surface area contributed by atoms with Crippen molar-refractivity contribution < 1.29 is 0 Å². The van der Waals surface area contributed by atoms with Gasteiger partial charge in [-0.05, 0) is 0 Å². The van der Waals surface area contributed by atoms with Crippen LogP contribution in [0, 0.1) is 0 Å². The molecule has 0 unspecified atom stereocenters. The molecule has 0 fully saturated rings. The number of rotatable bonds is 0. The van der Waals surface area contributed by atoms with E-state index in [1.165, 1.54) is 0 Å². The molecule has 1 rings (SSSR count). The predicted molar refractivity (Wildman–Crippen MR) is 37.7 cm³/mol. The van der Waals surface area contributed by atoms with E-state index >= 15 is 0 Å². The Bertz CT molecular complexity index is 74.9. The molecule has 30 valence electrons. The van der Waals surface area contributed by atoms with Crippen molar-refractivity contribution in [3.05, 3.63) is 9.82 Å². The summed E-state index contributed by atoms with van der Waals surface area (Å²) in [5, 5.41) is 0. The van der Waals surface area contributed by atoms with E-state index in [2.05, 4.69) is 9.82 Å². The molecular formula is C2H6Ge4. The molecule has 1 aliphatic heterocycles. The Morgan fingerprint density at radius 2 is 1.33 bits per heavy atom. The van der Waals surface area contributed by atoms with Crippen LogP contribution in [-0.4, -0.2) is 47.7 Å². The van der Waals surface area contributed by atoms with Crippen molar-refractivity contribution in [3.63, 3.8) is 0 Å². The molecule has 0 amide bonds. The molecule has 1 heterocycles. The van der Waals surface area contributed by atoms with Crippen LogP contribution in [0.5, 0.6) is 0 Å². The SMILES string of the molecule is [CH]1=[CH][GeH]=[GeH][GeH]=[GeH]1. The molecule has 1 aliphatic rings. The first-order valence-electron chi connectivity index (χ1n) is 2.00. The van der Waals surface area contributed by atoms with Gasteiger partial charge in [-0.25, -0.2) is 0 Å². The van der Waals surface area contributed by atoms with Gasteiger partial charge in [0.05, 0.1) is 0 Å². The Morgan fingerprint density at radius 3 is 1.50 bits per heavy atom. The third-order valence-corrected chi connectivity index (χ3v) is 121. The van der Waals surface area contributed by atoms with Crippen molar-refractivity contribution in [1.82, 2.24) is 0 Å². The second-order valence-corrected chi connectivity index (χ2v) is 66.4. The second-order valence-electron chi connectivity index (χ2n) is 1.15. The van der Waals surface area contributed by atoms with E-state index in [4.69, 9.17) is 0 Å². The van der Waals surface area contributed by atoms with E-state index in [0.717, 1.165) is 0 Å². The molecule has 0 aliphatic carbocycles. The summed E-state index contributed by atoms with van der Waals surface area (Å²) in [6.45, 7) is 0. The maximum atomic E-state index is 2.60. The van der Waals surface area contributed by atoms with E-state index in [9.17, 15) is 0 Å². The van der Waals surface area contributed by atoms with Crippen molar-refractivity contribution in [1.29, 1.82) is 0 Å². The van der Waals surface area contributed by atoms with Gasteiger partial charge in [-0.3, -0.25) is 0 Å². The number of hydrogen-bond acceptors (Lipinski definition) is 0. The molecule has 0 atom stereocenters. The summed E-state index contributed by atoms with van der Waals surface area (Å²) in [5.74, 6) is 0. The minimum atomic E-state index is 0.469. The standard InChI is InChI=1S/C2H6Ge4/c1-2-4-6-5-3-1/h1-6H. The first kappa shape index (κ1) is 6.04. The summed E-state index contributed by atoms with van der Waals surface area (Å²) in [6.07, 6.45) is 0. The first-order chi connectivity index (χ1) is 3.00. The van der Waals surface area contributed by atoms with Crippen LogP contribution in [0.1, 0.15) is 0 Å². The molecule has 0 bridgehead atoms. The fraction of sp³-hybridized carbons (Fsp3) is 0. The first-order valence-corrected chi connectivity index (χ1v) is 30.8. The van der Waals surface area contributed by atoms with E-state index < -0.39 is 0 Å². The van der Waals surface area contributed by atoms with Crippen molar-refractivity contribution >= 4 is 47.7 Å². The summed E-state index contributed by atoms with van der Waals surface area (Å²) < 4.78 is 0. The molecule has 0 N–H and O–H groups in total. The topological polar surface area (TPSA) is 0 Å². The average Bonchev–Trinajstić information content (AvgIpc) is 1.72. The van der Waals surface area contributed by atoms with Crippen LogP contribution in [0.25, 0.3) is 0 Å². The van der Waals surface area contributed by atoms with Crippen molar-refractivity contribution in [2.24, 2.45) is 0 Å². The van der Waals surface area contributed by atoms with E-state index in [1.807, 2.05) is 0 Å². The second kappa shape index (κ2) is 3.86. The Labute approximate surface area is 56.8 Å². The third-order valence-electron chi connectivity index (χ3n) is 0.667. The zero-order valence-electron chi connectivity index (χ0n) is 3.46. The fourth-order valence-corrected chi connectivity index (χ4v) is 130. The monoisotopic (exact) mass is 326 g/mol. The molecule has 0 aromatic heterocycles. The summed E-state index contributed by atoms with van der Waals surface area (Å²) in [5.41, 5.74) is 0. The fourth-order valence-electron chi connectivity index (χ4n) is 0.385. The number of hydrogen-bond donors (Lipinski definition) is 0. The van der Waals surface area contributed by atoms with Gasteiger partial charge in [-0.2, -0.15) is 0 Å². The molecule has 0 aromatic carbocycles. The van der Waals surface area contributed by atoms with Crippen molar-refractivity contribution in [2.75, 3.05) is 0 Å². The van der Waals surface area contributed by atoms with E-state index in [0.29, 0.717) is 47.7 Å². The Balaban J connectivity index is 2.77. The van der Waals surface area contributed by atoms with Gasteiger partial charge in [0.15, 0.2) is 0 Å². The van der Waals surface area contributed by atoms with Gasteiger partial charge < -0.3 is 0 Å². The predicted octanol–water partition coefficient (Wildman–Crippen LogP) is -2.04. The van der Waals surface area contributed by atoms with Crippen molar-refractivity contribution in [2.45, 2.75) is 0 Å². The van der Waals surface area contributed by atoms with Gasteiger partial charge in [0.25, 0.3) is 0 Å².